The molecule has 3 N–H and O–H groups in total. The Balaban J connectivity index is 1.56. The van der Waals surface area contributed by atoms with Gasteiger partial charge in [-0.25, -0.2) is 9.78 Å². The number of carbonyl (C=O) groups is 2. The Labute approximate surface area is 189 Å². The normalized spacial score (nSPS) is 21.2. The zero-order valence-electron chi connectivity index (χ0n) is 19.2. The van der Waals surface area contributed by atoms with Gasteiger partial charge in [0, 0.05) is 24.9 Å². The fourth-order valence-corrected chi connectivity index (χ4v) is 4.23. The smallest absolute Gasteiger partial charge is 0.480 e. The number of carbonyl (C=O) groups excluding carboxylic acids is 1. The number of pyridine rings is 1. The number of nitrogens with one attached hydrogen (secondary N) is 1. The van der Waals surface area contributed by atoms with Gasteiger partial charge in [-0.3, -0.25) is 4.79 Å². The monoisotopic (exact) mass is 449 g/mol. The number of nitrogens with zero attached hydrogens (tertiary/aromatic N) is 2. The van der Waals surface area contributed by atoms with Crippen LogP contribution in [0.5, 0.6) is 0 Å². The van der Waals surface area contributed by atoms with Crippen LogP contribution in [0, 0.1) is 5.92 Å². The second-order valence-electron chi connectivity index (χ2n) is 9.65. The summed E-state index contributed by atoms with van der Waals surface area (Å²) in [5.41, 5.74) is 1.56. The molecule has 9 nitrogen and oxygen atoms in total. The average molecular weight is 450 g/mol. The van der Waals surface area contributed by atoms with Crippen molar-refractivity contribution < 1.29 is 29.4 Å². The van der Waals surface area contributed by atoms with Gasteiger partial charge in [-0.15, -0.1) is 5.06 Å². The van der Waals surface area contributed by atoms with E-state index in [1.165, 1.54) is 10.6 Å². The Morgan fingerprint density at radius 2 is 2.06 bits per heavy atom. The molecule has 1 atom stereocenters. The van der Waals surface area contributed by atoms with Crippen LogP contribution >= 0.6 is 0 Å². The van der Waals surface area contributed by atoms with E-state index in [1.54, 1.807) is 20.8 Å². The van der Waals surface area contributed by atoms with E-state index in [0.29, 0.717) is 18.8 Å². The number of hydrogen-bond acceptors (Lipinski definition) is 8. The van der Waals surface area contributed by atoms with Gasteiger partial charge >= 0.3 is 12.1 Å². The second kappa shape index (κ2) is 10.5. The molecule has 0 radical (unpaired) electrons. The molecule has 2 aliphatic rings. The molecule has 1 aliphatic heterocycles. The van der Waals surface area contributed by atoms with Crippen LogP contribution in [0.15, 0.2) is 12.1 Å². The van der Waals surface area contributed by atoms with Crippen molar-refractivity contribution in [3.8, 4) is 0 Å². The maximum absolute atomic E-state index is 12.2. The minimum atomic E-state index is -1.14. The van der Waals surface area contributed by atoms with Gasteiger partial charge in [-0.05, 0) is 83.3 Å². The Morgan fingerprint density at radius 3 is 2.72 bits per heavy atom. The molecule has 1 aliphatic carbocycles. The highest BCUT2D eigenvalue weighted by atomic mass is 16.8. The molecule has 2 heterocycles. The van der Waals surface area contributed by atoms with E-state index in [2.05, 4.69) is 17.4 Å². The lowest BCUT2D eigenvalue weighted by Crippen LogP contribution is -2.54. The first kappa shape index (κ1) is 24.3. The van der Waals surface area contributed by atoms with Crippen molar-refractivity contribution in [1.82, 2.24) is 10.0 Å². The highest BCUT2D eigenvalue weighted by Crippen LogP contribution is 2.37. The summed E-state index contributed by atoms with van der Waals surface area (Å²) < 4.78 is 5.20. The molecule has 0 bridgehead atoms. The summed E-state index contributed by atoms with van der Waals surface area (Å²) in [6, 6.07) is 2.89. The third-order valence-electron chi connectivity index (χ3n) is 5.90. The summed E-state index contributed by atoms with van der Waals surface area (Å²) >= 11 is 0. The van der Waals surface area contributed by atoms with Crippen molar-refractivity contribution in [3.05, 3.63) is 23.4 Å². The van der Waals surface area contributed by atoms with E-state index in [4.69, 9.17) is 14.6 Å². The number of hydrogen-bond donors (Lipinski definition) is 3. The zero-order chi connectivity index (χ0) is 23.3. The van der Waals surface area contributed by atoms with Crippen LogP contribution in [-0.2, 0) is 27.2 Å². The lowest BCUT2D eigenvalue weighted by molar-refractivity contribution is -0.218. The van der Waals surface area contributed by atoms with Gasteiger partial charge in [-0.1, -0.05) is 6.07 Å². The Hall–Kier alpha value is -2.39. The molecule has 1 aromatic heterocycles. The third-order valence-corrected chi connectivity index (χ3v) is 5.90. The number of anilines is 1. The van der Waals surface area contributed by atoms with Crippen molar-refractivity contribution in [3.63, 3.8) is 0 Å². The van der Waals surface area contributed by atoms with Gasteiger partial charge in [0.1, 0.15) is 17.5 Å². The summed E-state index contributed by atoms with van der Waals surface area (Å²) in [5.74, 6) is 0.237. The number of aryl methyl sites for hydroxylation is 2. The Kier molecular flexibility index (Phi) is 7.95. The van der Waals surface area contributed by atoms with Crippen LogP contribution in [0.2, 0.25) is 0 Å². The number of ether oxygens (including phenoxy) is 1. The van der Waals surface area contributed by atoms with Crippen LogP contribution in [0.4, 0.5) is 10.6 Å². The number of aliphatic hydroxyl groups excluding tert-OH is 1. The van der Waals surface area contributed by atoms with E-state index in [9.17, 15) is 19.8 Å². The molecule has 0 aromatic carbocycles. The Bertz CT molecular complexity index is 803. The largest absolute Gasteiger partial charge is 0.528 e. The van der Waals surface area contributed by atoms with E-state index in [-0.39, 0.29) is 19.1 Å². The summed E-state index contributed by atoms with van der Waals surface area (Å²) in [6.07, 6.45) is 4.42. The SMILES string of the molecule is CC(C)(C)OC(=O)ON(C1CC(CCc2ccc3c(n2)NCCC3)C1)[C@@H](CCO)C(=O)O. The van der Waals surface area contributed by atoms with Gasteiger partial charge in [0.05, 0.1) is 0 Å². The number of aromatic nitrogens is 1. The first-order valence-corrected chi connectivity index (χ1v) is 11.4. The number of fused-ring (bicyclic) bond motifs is 1. The van der Waals surface area contributed by atoms with Gasteiger partial charge < -0.3 is 25.1 Å². The predicted molar refractivity (Wildman–Crippen MR) is 118 cm³/mol. The van der Waals surface area contributed by atoms with Crippen LogP contribution in [0.3, 0.4) is 0 Å². The zero-order valence-corrected chi connectivity index (χ0v) is 19.2. The minimum absolute atomic E-state index is 0.0364. The molecule has 0 saturated heterocycles. The van der Waals surface area contributed by atoms with Crippen LogP contribution in [0.25, 0.3) is 0 Å². The second-order valence-corrected chi connectivity index (χ2v) is 9.65. The average Bonchev–Trinajstić information content (AvgIpc) is 2.68. The standard InChI is InChI=1S/C23H35N3O6/c1-23(2,3)31-22(30)32-26(19(10-12-27)21(28)29)18-13-15(14-18)6-8-17-9-7-16-5-4-11-24-20(16)25-17/h7,9,15,18-19,27H,4-6,8,10-14H2,1-3H3,(H,24,25)(H,28,29)/t15?,18?,19-/m0/s1. The molecule has 0 amide bonds. The van der Waals surface area contributed by atoms with Crippen molar-refractivity contribution in [2.45, 2.75) is 83.4 Å². The number of carboxylic acid groups (broad SMARTS) is 1. The lowest BCUT2D eigenvalue weighted by atomic mass is 9.76. The van der Waals surface area contributed by atoms with E-state index >= 15 is 0 Å². The topological polar surface area (TPSA) is 121 Å². The van der Waals surface area contributed by atoms with Crippen molar-refractivity contribution in [1.29, 1.82) is 0 Å². The molecular formula is C23H35N3O6. The number of aliphatic hydroxyl groups is 1. The van der Waals surface area contributed by atoms with Gasteiger partial charge in [-0.2, -0.15) is 0 Å². The van der Waals surface area contributed by atoms with Gasteiger partial charge in [0.2, 0.25) is 0 Å². The lowest BCUT2D eigenvalue weighted by Gasteiger charge is -2.43. The molecule has 3 rings (SSSR count). The van der Waals surface area contributed by atoms with Gasteiger partial charge in [0.25, 0.3) is 0 Å². The molecule has 1 saturated carbocycles. The maximum atomic E-state index is 12.2. The first-order chi connectivity index (χ1) is 15.2. The highest BCUT2D eigenvalue weighted by Gasteiger charge is 2.42. The molecular weight excluding hydrogens is 414 g/mol. The summed E-state index contributed by atoms with van der Waals surface area (Å²) in [5, 5.41) is 23.5. The van der Waals surface area contributed by atoms with Crippen LogP contribution in [0.1, 0.15) is 64.1 Å². The highest BCUT2D eigenvalue weighted by molar-refractivity contribution is 5.73. The van der Waals surface area contributed by atoms with Crippen molar-refractivity contribution in [2.24, 2.45) is 5.92 Å². The number of carboxylic acids is 1. The summed E-state index contributed by atoms with van der Waals surface area (Å²) in [6.45, 7) is 5.78. The minimum Gasteiger partial charge on any atom is -0.480 e. The maximum Gasteiger partial charge on any atom is 0.528 e. The van der Waals surface area contributed by atoms with Crippen LogP contribution in [-0.4, -0.2) is 63.2 Å². The van der Waals surface area contributed by atoms with E-state index < -0.39 is 23.8 Å². The Morgan fingerprint density at radius 1 is 1.31 bits per heavy atom. The van der Waals surface area contributed by atoms with E-state index in [0.717, 1.165) is 43.7 Å². The quantitative estimate of drug-likeness (QED) is 0.385. The van der Waals surface area contributed by atoms with Gasteiger partial charge in [0.15, 0.2) is 0 Å². The first-order valence-electron chi connectivity index (χ1n) is 11.4. The number of hydroxylamine groups is 2. The number of aliphatic carboxylic acids is 1. The third kappa shape index (κ3) is 6.56. The van der Waals surface area contributed by atoms with Crippen LogP contribution < -0.4 is 5.32 Å². The molecule has 1 fully saturated rings. The van der Waals surface area contributed by atoms with Crippen molar-refractivity contribution >= 4 is 17.9 Å². The molecule has 0 spiro atoms. The fraction of sp³-hybridized carbons (Fsp3) is 0.696. The summed E-state index contributed by atoms with van der Waals surface area (Å²) in [4.78, 5) is 34.0. The number of rotatable bonds is 9. The van der Waals surface area contributed by atoms with Crippen molar-refractivity contribution in [2.75, 3.05) is 18.5 Å². The predicted octanol–water partition coefficient (Wildman–Crippen LogP) is 3.16. The summed E-state index contributed by atoms with van der Waals surface area (Å²) in [7, 11) is 0. The fourth-order valence-electron chi connectivity index (χ4n) is 4.23. The molecule has 9 heteroatoms. The van der Waals surface area contributed by atoms with E-state index in [1.807, 2.05) is 0 Å². The molecule has 178 valence electrons. The molecule has 0 unspecified atom stereocenters. The molecule has 1 aromatic rings. The molecule has 32 heavy (non-hydrogen) atoms.